The van der Waals surface area contributed by atoms with Crippen LogP contribution >= 0.6 is 0 Å². The molecule has 0 N–H and O–H groups in total. The van der Waals surface area contributed by atoms with E-state index in [-0.39, 0.29) is 5.91 Å². The molecule has 2 aromatic carbocycles. The molecule has 0 spiro atoms. The van der Waals surface area contributed by atoms with Crippen molar-refractivity contribution in [3.8, 4) is 11.5 Å². The molecular formula is C19H23NO3. The Balaban J connectivity index is 1.84. The van der Waals surface area contributed by atoms with Crippen LogP contribution in [0.5, 0.6) is 11.5 Å². The number of nitrogens with zero attached hydrogens (tertiary/aromatic N) is 1. The van der Waals surface area contributed by atoms with Crippen LogP contribution in [0.25, 0.3) is 0 Å². The predicted molar refractivity (Wildman–Crippen MR) is 91.2 cm³/mol. The first-order valence-electron chi connectivity index (χ1n) is 7.78. The van der Waals surface area contributed by atoms with Crippen LogP contribution in [0.2, 0.25) is 0 Å². The van der Waals surface area contributed by atoms with Gasteiger partial charge in [-0.3, -0.25) is 4.79 Å². The number of carbonyl (C=O) groups is 1. The highest BCUT2D eigenvalue weighted by Crippen LogP contribution is 2.14. The van der Waals surface area contributed by atoms with E-state index in [4.69, 9.17) is 9.47 Å². The van der Waals surface area contributed by atoms with Crippen molar-refractivity contribution in [3.05, 3.63) is 59.7 Å². The summed E-state index contributed by atoms with van der Waals surface area (Å²) in [7, 11) is 1.78. The molecule has 4 nitrogen and oxygen atoms in total. The fraction of sp³-hybridized carbons (Fsp3) is 0.316. The largest absolute Gasteiger partial charge is 0.494 e. The van der Waals surface area contributed by atoms with Crippen molar-refractivity contribution >= 4 is 5.91 Å². The van der Waals surface area contributed by atoms with Crippen molar-refractivity contribution < 1.29 is 14.3 Å². The van der Waals surface area contributed by atoms with E-state index in [0.717, 1.165) is 17.1 Å². The van der Waals surface area contributed by atoms with E-state index >= 15 is 0 Å². The molecule has 0 aliphatic heterocycles. The Labute approximate surface area is 137 Å². The molecule has 0 aliphatic rings. The van der Waals surface area contributed by atoms with Gasteiger partial charge in [0.1, 0.15) is 18.1 Å². The maximum absolute atomic E-state index is 12.3. The van der Waals surface area contributed by atoms with Crippen LogP contribution < -0.4 is 9.47 Å². The molecule has 1 amide bonds. The van der Waals surface area contributed by atoms with Crippen molar-refractivity contribution in [3.63, 3.8) is 0 Å². The number of aryl methyl sites for hydroxylation is 1. The maximum atomic E-state index is 12.3. The third-order valence-corrected chi connectivity index (χ3v) is 3.44. The molecular weight excluding hydrogens is 290 g/mol. The van der Waals surface area contributed by atoms with E-state index in [2.05, 4.69) is 0 Å². The van der Waals surface area contributed by atoms with Crippen LogP contribution in [0.15, 0.2) is 48.5 Å². The van der Waals surface area contributed by atoms with Gasteiger partial charge in [-0.25, -0.2) is 0 Å². The van der Waals surface area contributed by atoms with Gasteiger partial charge < -0.3 is 14.4 Å². The average molecular weight is 313 g/mol. The third kappa shape index (κ3) is 5.02. The van der Waals surface area contributed by atoms with Gasteiger partial charge in [0.05, 0.1) is 13.2 Å². The first kappa shape index (κ1) is 16.9. The zero-order valence-corrected chi connectivity index (χ0v) is 13.9. The summed E-state index contributed by atoms with van der Waals surface area (Å²) in [5.74, 6) is 1.57. The number of carbonyl (C=O) groups excluding carboxylic acids is 1. The van der Waals surface area contributed by atoms with Gasteiger partial charge in [0, 0.05) is 12.6 Å². The lowest BCUT2D eigenvalue weighted by Gasteiger charge is -2.18. The molecule has 122 valence electrons. The highest BCUT2D eigenvalue weighted by atomic mass is 16.5. The van der Waals surface area contributed by atoms with Gasteiger partial charge in [0.25, 0.3) is 5.91 Å². The molecule has 0 atom stereocenters. The number of rotatable bonds is 7. The second-order valence-electron chi connectivity index (χ2n) is 5.35. The highest BCUT2D eigenvalue weighted by molar-refractivity contribution is 5.94. The van der Waals surface area contributed by atoms with Crippen LogP contribution in [0.1, 0.15) is 22.8 Å². The molecule has 0 aromatic heterocycles. The fourth-order valence-corrected chi connectivity index (χ4v) is 2.19. The minimum absolute atomic E-state index is 0.0270. The van der Waals surface area contributed by atoms with Gasteiger partial charge in [0.2, 0.25) is 0 Å². The molecule has 0 radical (unpaired) electrons. The number of hydrogen-bond donors (Lipinski definition) is 0. The van der Waals surface area contributed by atoms with Gasteiger partial charge in [-0.15, -0.1) is 0 Å². The Morgan fingerprint density at radius 1 is 1.04 bits per heavy atom. The Morgan fingerprint density at radius 2 is 1.78 bits per heavy atom. The van der Waals surface area contributed by atoms with Crippen LogP contribution in [-0.4, -0.2) is 37.6 Å². The summed E-state index contributed by atoms with van der Waals surface area (Å²) in [5, 5.41) is 0. The number of benzene rings is 2. The average Bonchev–Trinajstić information content (AvgIpc) is 2.55. The molecule has 23 heavy (non-hydrogen) atoms. The van der Waals surface area contributed by atoms with Crippen LogP contribution in [0, 0.1) is 6.92 Å². The van der Waals surface area contributed by atoms with E-state index in [1.54, 1.807) is 24.1 Å². The fourth-order valence-electron chi connectivity index (χ4n) is 2.19. The van der Waals surface area contributed by atoms with Crippen LogP contribution in [0.4, 0.5) is 0 Å². The Bertz CT molecular complexity index is 637. The molecule has 2 aromatic rings. The molecule has 4 heteroatoms. The molecule has 2 rings (SSSR count). The summed E-state index contributed by atoms with van der Waals surface area (Å²) < 4.78 is 11.1. The summed E-state index contributed by atoms with van der Waals surface area (Å²) in [6.07, 6.45) is 0. The lowest BCUT2D eigenvalue weighted by Crippen LogP contribution is -2.30. The van der Waals surface area contributed by atoms with Gasteiger partial charge in [-0.1, -0.05) is 12.1 Å². The number of ether oxygens (including phenoxy) is 2. The van der Waals surface area contributed by atoms with Gasteiger partial charge in [-0.05, 0) is 55.8 Å². The van der Waals surface area contributed by atoms with Gasteiger partial charge in [-0.2, -0.15) is 0 Å². The zero-order chi connectivity index (χ0) is 16.7. The third-order valence-electron chi connectivity index (χ3n) is 3.44. The molecule has 0 heterocycles. The molecule has 0 aliphatic carbocycles. The van der Waals surface area contributed by atoms with Crippen molar-refractivity contribution in [2.75, 3.05) is 26.8 Å². The van der Waals surface area contributed by atoms with Crippen molar-refractivity contribution in [2.45, 2.75) is 13.8 Å². The lowest BCUT2D eigenvalue weighted by molar-refractivity contribution is 0.0773. The highest BCUT2D eigenvalue weighted by Gasteiger charge is 2.11. The number of amides is 1. The van der Waals surface area contributed by atoms with E-state index < -0.39 is 0 Å². The van der Waals surface area contributed by atoms with E-state index in [0.29, 0.717) is 25.3 Å². The van der Waals surface area contributed by atoms with Crippen molar-refractivity contribution in [1.82, 2.24) is 4.90 Å². The number of likely N-dealkylation sites (N-methyl/N-ethyl adjacent to an activating group) is 1. The Hall–Kier alpha value is -2.49. The Morgan fingerprint density at radius 3 is 2.43 bits per heavy atom. The first-order chi connectivity index (χ1) is 11.1. The van der Waals surface area contributed by atoms with E-state index in [9.17, 15) is 4.79 Å². The maximum Gasteiger partial charge on any atom is 0.253 e. The summed E-state index contributed by atoms with van der Waals surface area (Å²) in [6.45, 7) is 5.56. The molecule has 0 saturated carbocycles. The topological polar surface area (TPSA) is 38.8 Å². The number of hydrogen-bond acceptors (Lipinski definition) is 3. The standard InChI is InChI=1S/C19H23NO3/c1-4-22-17-10-8-16(9-11-17)19(21)20(3)12-13-23-18-7-5-6-15(2)14-18/h5-11,14H,4,12-13H2,1-3H3. The molecule has 0 unspecified atom stereocenters. The smallest absolute Gasteiger partial charge is 0.253 e. The quantitative estimate of drug-likeness (QED) is 0.785. The van der Waals surface area contributed by atoms with Crippen LogP contribution in [-0.2, 0) is 0 Å². The lowest BCUT2D eigenvalue weighted by atomic mass is 10.2. The summed E-state index contributed by atoms with van der Waals surface area (Å²) in [4.78, 5) is 14.0. The van der Waals surface area contributed by atoms with Gasteiger partial charge >= 0.3 is 0 Å². The van der Waals surface area contributed by atoms with Crippen molar-refractivity contribution in [1.29, 1.82) is 0 Å². The predicted octanol–water partition coefficient (Wildman–Crippen LogP) is 3.54. The summed E-state index contributed by atoms with van der Waals surface area (Å²) >= 11 is 0. The van der Waals surface area contributed by atoms with Gasteiger partial charge in [0.15, 0.2) is 0 Å². The van der Waals surface area contributed by atoms with E-state index in [1.165, 1.54) is 0 Å². The van der Waals surface area contributed by atoms with Crippen LogP contribution in [0.3, 0.4) is 0 Å². The summed E-state index contributed by atoms with van der Waals surface area (Å²) in [6, 6.07) is 15.1. The SMILES string of the molecule is CCOc1ccc(C(=O)N(C)CCOc2cccc(C)c2)cc1. The monoisotopic (exact) mass is 313 g/mol. The minimum atomic E-state index is -0.0270. The van der Waals surface area contributed by atoms with Crippen molar-refractivity contribution in [2.24, 2.45) is 0 Å². The second-order valence-corrected chi connectivity index (χ2v) is 5.35. The molecule has 0 fully saturated rings. The summed E-state index contributed by atoms with van der Waals surface area (Å²) in [5.41, 5.74) is 1.80. The minimum Gasteiger partial charge on any atom is -0.494 e. The normalized spacial score (nSPS) is 10.2. The first-order valence-corrected chi connectivity index (χ1v) is 7.78. The zero-order valence-electron chi connectivity index (χ0n) is 13.9. The second kappa shape index (κ2) is 8.22. The molecule has 0 saturated heterocycles. The Kier molecular flexibility index (Phi) is 6.03. The van der Waals surface area contributed by atoms with E-state index in [1.807, 2.05) is 50.2 Å². The molecule has 0 bridgehead atoms.